The van der Waals surface area contributed by atoms with Gasteiger partial charge in [0.15, 0.2) is 4.77 Å². The Labute approximate surface area is 114 Å². The Morgan fingerprint density at radius 2 is 2.06 bits per heavy atom. The fraction of sp³-hybridized carbons (Fsp3) is 0.200. The van der Waals surface area contributed by atoms with Crippen molar-refractivity contribution in [2.24, 2.45) is 0 Å². The lowest BCUT2D eigenvalue weighted by Gasteiger charge is -2.12. The van der Waals surface area contributed by atoms with Crippen molar-refractivity contribution < 1.29 is 13.2 Å². The first-order valence-corrected chi connectivity index (χ1v) is 6.02. The van der Waals surface area contributed by atoms with Gasteiger partial charge in [-0.3, -0.25) is 9.67 Å². The molecule has 3 nitrogen and oxygen atoms in total. The Morgan fingerprint density at radius 1 is 1.39 bits per heavy atom. The molecular weight excluding hydrogens is 331 g/mol. The van der Waals surface area contributed by atoms with Crippen LogP contribution in [0, 0.1) is 11.7 Å². The fourth-order valence-electron chi connectivity index (χ4n) is 1.55. The number of hydrogen-bond donors (Lipinski definition) is 1. The second-order valence-corrected chi connectivity index (χ2v) is 4.81. The van der Waals surface area contributed by atoms with E-state index in [1.807, 2.05) is 0 Å². The molecule has 2 rings (SSSR count). The van der Waals surface area contributed by atoms with Gasteiger partial charge in [0.05, 0.1) is 11.3 Å². The van der Waals surface area contributed by atoms with Crippen molar-refractivity contribution in [3.05, 3.63) is 38.8 Å². The first-order valence-electron chi connectivity index (χ1n) is 4.82. The summed E-state index contributed by atoms with van der Waals surface area (Å²) >= 11 is 7.86. The van der Waals surface area contributed by atoms with Crippen LogP contribution in [0.1, 0.15) is 11.4 Å². The number of alkyl halides is 3. The first-order chi connectivity index (χ1) is 8.30. The van der Waals surface area contributed by atoms with Crippen LogP contribution in [0.25, 0.3) is 5.69 Å². The van der Waals surface area contributed by atoms with E-state index in [2.05, 4.69) is 26.1 Å². The average molecular weight is 338 g/mol. The third kappa shape index (κ3) is 2.35. The minimum atomic E-state index is -4.42. The number of H-pyrrole nitrogens is 1. The summed E-state index contributed by atoms with van der Waals surface area (Å²) in [5.41, 5.74) is -0.427. The maximum absolute atomic E-state index is 12.8. The lowest BCUT2D eigenvalue weighted by atomic mass is 10.2. The molecule has 96 valence electrons. The normalized spacial score (nSPS) is 11.8. The molecule has 1 aromatic heterocycles. The molecule has 0 spiro atoms. The standard InChI is InChI=1S/C10H7BrF3N3S/c1-5-15-16-9(18)17(5)6-2-3-8(11)7(4-6)10(12,13)14/h2-4H,1H3,(H,16,18). The van der Waals surface area contributed by atoms with Crippen LogP contribution in [-0.2, 0) is 6.18 Å². The van der Waals surface area contributed by atoms with Crippen molar-refractivity contribution in [1.29, 1.82) is 0 Å². The highest BCUT2D eigenvalue weighted by Gasteiger charge is 2.33. The van der Waals surface area contributed by atoms with Crippen molar-refractivity contribution in [2.45, 2.75) is 13.1 Å². The van der Waals surface area contributed by atoms with Gasteiger partial charge in [-0.25, -0.2) is 0 Å². The zero-order valence-corrected chi connectivity index (χ0v) is 11.4. The molecular formula is C10H7BrF3N3S. The minimum absolute atomic E-state index is 0.00795. The van der Waals surface area contributed by atoms with Crippen molar-refractivity contribution in [1.82, 2.24) is 14.8 Å². The summed E-state index contributed by atoms with van der Waals surface area (Å²) in [5.74, 6) is 0.496. The van der Waals surface area contributed by atoms with Gasteiger partial charge in [0.1, 0.15) is 5.82 Å². The molecule has 2 aromatic rings. The van der Waals surface area contributed by atoms with Crippen LogP contribution in [0.15, 0.2) is 22.7 Å². The molecule has 18 heavy (non-hydrogen) atoms. The highest BCUT2D eigenvalue weighted by Crippen LogP contribution is 2.36. The Hall–Kier alpha value is -1.15. The number of halogens is 4. The molecule has 0 fully saturated rings. The largest absolute Gasteiger partial charge is 0.417 e. The van der Waals surface area contributed by atoms with Crippen LogP contribution in [-0.4, -0.2) is 14.8 Å². The van der Waals surface area contributed by atoms with Gasteiger partial charge in [-0.2, -0.15) is 18.3 Å². The van der Waals surface area contributed by atoms with E-state index in [-0.39, 0.29) is 9.24 Å². The maximum atomic E-state index is 12.8. The summed E-state index contributed by atoms with van der Waals surface area (Å²) in [5, 5.41) is 6.39. The second kappa shape index (κ2) is 4.51. The summed E-state index contributed by atoms with van der Waals surface area (Å²) < 4.78 is 40.0. The van der Waals surface area contributed by atoms with Gasteiger partial charge in [-0.05, 0) is 37.3 Å². The summed E-state index contributed by atoms with van der Waals surface area (Å²) in [6, 6.07) is 3.91. The fourth-order valence-corrected chi connectivity index (χ4v) is 2.30. The second-order valence-electron chi connectivity index (χ2n) is 3.57. The van der Waals surface area contributed by atoms with Gasteiger partial charge < -0.3 is 0 Å². The quantitative estimate of drug-likeness (QED) is 0.797. The van der Waals surface area contributed by atoms with Gasteiger partial charge in [0.2, 0.25) is 0 Å². The van der Waals surface area contributed by atoms with Crippen molar-refractivity contribution in [2.75, 3.05) is 0 Å². The zero-order valence-electron chi connectivity index (χ0n) is 9.05. The SMILES string of the molecule is Cc1n[nH]c(=S)n1-c1ccc(Br)c(C(F)(F)F)c1. The average Bonchev–Trinajstić information content (AvgIpc) is 2.58. The molecule has 0 saturated carbocycles. The highest BCUT2D eigenvalue weighted by atomic mass is 79.9. The lowest BCUT2D eigenvalue weighted by Crippen LogP contribution is -2.08. The topological polar surface area (TPSA) is 33.6 Å². The first kappa shape index (κ1) is 13.3. The van der Waals surface area contributed by atoms with E-state index in [0.29, 0.717) is 11.5 Å². The Morgan fingerprint density at radius 3 is 2.56 bits per heavy atom. The number of aromatic nitrogens is 3. The molecule has 0 aliphatic heterocycles. The predicted molar refractivity (Wildman–Crippen MR) is 66.2 cm³/mol. The van der Waals surface area contributed by atoms with Crippen molar-refractivity contribution >= 4 is 28.1 Å². The molecule has 1 heterocycles. The number of hydrogen-bond acceptors (Lipinski definition) is 2. The predicted octanol–water partition coefficient (Wildman–Crippen LogP) is 4.02. The van der Waals surface area contributed by atoms with Crippen LogP contribution in [0.5, 0.6) is 0 Å². The minimum Gasteiger partial charge on any atom is -0.272 e. The monoisotopic (exact) mass is 337 g/mol. The van der Waals surface area contributed by atoms with E-state index in [0.717, 1.165) is 6.07 Å². The van der Waals surface area contributed by atoms with Gasteiger partial charge >= 0.3 is 6.18 Å². The number of aromatic amines is 1. The number of benzene rings is 1. The van der Waals surface area contributed by atoms with Crippen LogP contribution in [0.4, 0.5) is 13.2 Å². The smallest absolute Gasteiger partial charge is 0.272 e. The van der Waals surface area contributed by atoms with Crippen molar-refractivity contribution in [3.8, 4) is 5.69 Å². The summed E-state index contributed by atoms with van der Waals surface area (Å²) in [6.07, 6.45) is -4.42. The van der Waals surface area contributed by atoms with Crippen LogP contribution >= 0.6 is 28.1 Å². The van der Waals surface area contributed by atoms with Gasteiger partial charge in [-0.1, -0.05) is 15.9 Å². The van der Waals surface area contributed by atoms with E-state index in [1.54, 1.807) is 6.92 Å². The molecule has 0 aliphatic rings. The Kier molecular flexibility index (Phi) is 3.33. The lowest BCUT2D eigenvalue weighted by molar-refractivity contribution is -0.138. The van der Waals surface area contributed by atoms with Crippen molar-refractivity contribution in [3.63, 3.8) is 0 Å². The molecule has 8 heteroatoms. The molecule has 0 radical (unpaired) electrons. The molecule has 0 saturated heterocycles. The number of nitrogens with zero attached hydrogens (tertiary/aromatic N) is 2. The van der Waals surface area contributed by atoms with E-state index >= 15 is 0 Å². The molecule has 1 N–H and O–H groups in total. The van der Waals surface area contributed by atoms with Crippen LogP contribution < -0.4 is 0 Å². The van der Waals surface area contributed by atoms with E-state index in [4.69, 9.17) is 12.2 Å². The summed E-state index contributed by atoms with van der Waals surface area (Å²) in [7, 11) is 0. The Balaban J connectivity index is 2.65. The number of aryl methyl sites for hydroxylation is 1. The molecule has 0 amide bonds. The van der Waals surface area contributed by atoms with Gasteiger partial charge in [-0.15, -0.1) is 0 Å². The summed E-state index contributed by atoms with van der Waals surface area (Å²) in [4.78, 5) is 0. The highest BCUT2D eigenvalue weighted by molar-refractivity contribution is 9.10. The van der Waals surface area contributed by atoms with E-state index < -0.39 is 11.7 Å². The number of nitrogens with one attached hydrogen (secondary N) is 1. The molecule has 0 atom stereocenters. The van der Waals surface area contributed by atoms with Gasteiger partial charge in [0.25, 0.3) is 0 Å². The summed E-state index contributed by atoms with van der Waals surface area (Å²) in [6.45, 7) is 1.65. The number of rotatable bonds is 1. The van der Waals surface area contributed by atoms with E-state index in [9.17, 15) is 13.2 Å². The van der Waals surface area contributed by atoms with Crippen LogP contribution in [0.3, 0.4) is 0 Å². The van der Waals surface area contributed by atoms with E-state index in [1.165, 1.54) is 16.7 Å². The molecule has 0 aliphatic carbocycles. The Bertz CT molecular complexity index is 645. The zero-order chi connectivity index (χ0) is 13.5. The van der Waals surface area contributed by atoms with Gasteiger partial charge in [0, 0.05) is 4.47 Å². The van der Waals surface area contributed by atoms with Crippen LogP contribution in [0.2, 0.25) is 0 Å². The third-order valence-electron chi connectivity index (χ3n) is 2.35. The maximum Gasteiger partial charge on any atom is 0.417 e. The third-order valence-corrected chi connectivity index (χ3v) is 3.32. The molecule has 1 aromatic carbocycles. The molecule has 0 bridgehead atoms. The molecule has 0 unspecified atom stereocenters.